The molecule has 0 aliphatic heterocycles. The number of nitrogen functional groups attached to an aromatic ring is 1. The summed E-state index contributed by atoms with van der Waals surface area (Å²) in [5.74, 6) is 6.96. The van der Waals surface area contributed by atoms with Crippen molar-refractivity contribution < 1.29 is 9.53 Å². The number of nitrogens with one attached hydrogen (secondary N) is 2. The summed E-state index contributed by atoms with van der Waals surface area (Å²) in [5.41, 5.74) is 5.10. The third-order valence-electron chi connectivity index (χ3n) is 3.96. The van der Waals surface area contributed by atoms with Gasteiger partial charge in [0.25, 0.3) is 5.95 Å². The van der Waals surface area contributed by atoms with E-state index in [-0.39, 0.29) is 17.6 Å². The highest BCUT2D eigenvalue weighted by molar-refractivity contribution is 9.10. The Morgan fingerprint density at radius 3 is 2.83 bits per heavy atom. The Morgan fingerprint density at radius 1 is 1.27 bits per heavy atom. The normalized spacial score (nSPS) is 11.2. The number of anilines is 2. The van der Waals surface area contributed by atoms with Crippen molar-refractivity contribution in [2.24, 2.45) is 5.10 Å². The lowest BCUT2D eigenvalue weighted by Gasteiger charge is -2.07. The number of aromatic nitrogens is 3. The zero-order chi connectivity index (χ0) is 21.5. The number of carbonyl (C=O) groups is 1. The van der Waals surface area contributed by atoms with Crippen LogP contribution in [0, 0.1) is 0 Å². The van der Waals surface area contributed by atoms with Gasteiger partial charge in [-0.3, -0.25) is 4.79 Å². The Kier molecular flexibility index (Phi) is 7.31. The van der Waals surface area contributed by atoms with E-state index in [0.29, 0.717) is 10.8 Å². The highest BCUT2D eigenvalue weighted by Crippen LogP contribution is 2.22. The van der Waals surface area contributed by atoms with E-state index in [4.69, 9.17) is 10.6 Å². The maximum absolute atomic E-state index is 12.2. The number of hydrogen-bond donors (Lipinski definition) is 3. The average molecular weight is 490 g/mol. The number of hydrazone groups is 1. The molecule has 3 aromatic rings. The van der Waals surface area contributed by atoms with Crippen molar-refractivity contribution in [1.29, 1.82) is 0 Å². The third kappa shape index (κ3) is 5.51. The number of carbonyl (C=O) groups excluding carboxylic acids is 1. The van der Waals surface area contributed by atoms with E-state index >= 15 is 0 Å². The molecule has 0 atom stereocenters. The van der Waals surface area contributed by atoms with Crippen LogP contribution >= 0.6 is 27.7 Å². The molecule has 156 valence electrons. The fraction of sp³-hybridized carbons (Fsp3) is 0.158. The second kappa shape index (κ2) is 10.1. The van der Waals surface area contributed by atoms with Crippen LogP contribution < -0.4 is 21.3 Å². The van der Waals surface area contributed by atoms with E-state index in [2.05, 4.69) is 42.0 Å². The molecule has 4 N–H and O–H groups in total. The smallest absolute Gasteiger partial charge is 0.264 e. The largest absolute Gasteiger partial charge is 0.497 e. The van der Waals surface area contributed by atoms with E-state index in [1.807, 2.05) is 55.5 Å². The molecule has 1 amide bonds. The molecule has 0 aliphatic carbocycles. The number of nitrogens with two attached hydrogens (primary N) is 1. The maximum Gasteiger partial charge on any atom is 0.264 e. The van der Waals surface area contributed by atoms with Gasteiger partial charge in [-0.1, -0.05) is 36.0 Å². The average Bonchev–Trinajstić information content (AvgIpc) is 3.11. The second-order valence-electron chi connectivity index (χ2n) is 6.03. The lowest BCUT2D eigenvalue weighted by Crippen LogP contribution is -2.17. The molecule has 0 fully saturated rings. The van der Waals surface area contributed by atoms with Gasteiger partial charge in [0, 0.05) is 10.0 Å². The molecule has 3 rings (SSSR count). The monoisotopic (exact) mass is 489 g/mol. The Morgan fingerprint density at radius 2 is 2.07 bits per heavy atom. The van der Waals surface area contributed by atoms with Gasteiger partial charge in [0.15, 0.2) is 0 Å². The Bertz CT molecular complexity index is 1070. The summed E-state index contributed by atoms with van der Waals surface area (Å²) in [6, 6.07) is 14.9. The molecule has 0 aliphatic rings. The number of para-hydroxylation sites is 1. The highest BCUT2D eigenvalue weighted by Gasteiger charge is 2.13. The molecule has 2 aromatic carbocycles. The number of hydrogen-bond acceptors (Lipinski definition) is 8. The molecule has 0 unspecified atom stereocenters. The van der Waals surface area contributed by atoms with Crippen molar-refractivity contribution in [3.8, 4) is 5.75 Å². The molecule has 11 heteroatoms. The van der Waals surface area contributed by atoms with Crippen LogP contribution in [0.2, 0.25) is 0 Å². The van der Waals surface area contributed by atoms with Crippen LogP contribution in [-0.2, 0) is 4.79 Å². The number of rotatable bonds is 8. The SMILES string of the molecule is COc1cccc(/C(C)=N/Nc2nnc(SCC(=O)Nc3ccccc3Br)n2N)c1. The summed E-state index contributed by atoms with van der Waals surface area (Å²) in [6.07, 6.45) is 0. The third-order valence-corrected chi connectivity index (χ3v) is 5.59. The summed E-state index contributed by atoms with van der Waals surface area (Å²) in [6.45, 7) is 1.85. The number of ether oxygens (including phenoxy) is 1. The quantitative estimate of drug-likeness (QED) is 0.192. The maximum atomic E-state index is 12.2. The van der Waals surface area contributed by atoms with Crippen molar-refractivity contribution in [2.75, 3.05) is 29.4 Å². The fourth-order valence-electron chi connectivity index (χ4n) is 2.38. The van der Waals surface area contributed by atoms with Gasteiger partial charge in [-0.15, -0.1) is 10.2 Å². The van der Waals surface area contributed by atoms with Gasteiger partial charge in [-0.25, -0.2) is 10.1 Å². The summed E-state index contributed by atoms with van der Waals surface area (Å²) >= 11 is 4.56. The molecule has 0 radical (unpaired) electrons. The molecule has 0 saturated carbocycles. The summed E-state index contributed by atoms with van der Waals surface area (Å²) < 4.78 is 7.28. The second-order valence-corrected chi connectivity index (χ2v) is 7.83. The van der Waals surface area contributed by atoms with E-state index in [1.54, 1.807) is 7.11 Å². The topological polar surface area (TPSA) is 119 Å². The zero-order valence-corrected chi connectivity index (χ0v) is 18.7. The van der Waals surface area contributed by atoms with Crippen LogP contribution in [0.4, 0.5) is 11.6 Å². The molecular weight excluding hydrogens is 470 g/mol. The minimum atomic E-state index is -0.184. The van der Waals surface area contributed by atoms with Crippen molar-refractivity contribution in [1.82, 2.24) is 14.9 Å². The van der Waals surface area contributed by atoms with E-state index in [9.17, 15) is 4.79 Å². The molecular formula is C19H20BrN7O2S. The predicted molar refractivity (Wildman–Crippen MR) is 122 cm³/mol. The van der Waals surface area contributed by atoms with E-state index in [1.165, 1.54) is 16.4 Å². The number of benzene rings is 2. The highest BCUT2D eigenvalue weighted by atomic mass is 79.9. The molecule has 9 nitrogen and oxygen atoms in total. The minimum Gasteiger partial charge on any atom is -0.497 e. The van der Waals surface area contributed by atoms with Gasteiger partial charge in [-0.2, -0.15) is 5.10 Å². The molecule has 1 aromatic heterocycles. The fourth-order valence-corrected chi connectivity index (χ4v) is 3.42. The van der Waals surface area contributed by atoms with Crippen molar-refractivity contribution >= 4 is 50.9 Å². The lowest BCUT2D eigenvalue weighted by molar-refractivity contribution is -0.113. The number of thioether (sulfide) groups is 1. The van der Waals surface area contributed by atoms with Crippen molar-refractivity contribution in [3.63, 3.8) is 0 Å². The molecule has 0 spiro atoms. The molecule has 1 heterocycles. The first kappa shape index (κ1) is 21.7. The predicted octanol–water partition coefficient (Wildman–Crippen LogP) is 3.33. The Balaban J connectivity index is 1.59. The van der Waals surface area contributed by atoms with Crippen molar-refractivity contribution in [2.45, 2.75) is 12.1 Å². The zero-order valence-electron chi connectivity index (χ0n) is 16.3. The number of amides is 1. The Labute approximate surface area is 186 Å². The lowest BCUT2D eigenvalue weighted by atomic mass is 10.1. The molecule has 0 bridgehead atoms. The van der Waals surface area contributed by atoms with Crippen LogP contribution in [-0.4, -0.2) is 39.4 Å². The van der Waals surface area contributed by atoms with E-state index < -0.39 is 0 Å². The molecule has 30 heavy (non-hydrogen) atoms. The van der Waals surface area contributed by atoms with Gasteiger partial charge >= 0.3 is 0 Å². The van der Waals surface area contributed by atoms with Gasteiger partial charge in [0.1, 0.15) is 5.75 Å². The summed E-state index contributed by atoms with van der Waals surface area (Å²) in [4.78, 5) is 12.2. The first-order valence-electron chi connectivity index (χ1n) is 8.80. The van der Waals surface area contributed by atoms with Crippen LogP contribution in [0.1, 0.15) is 12.5 Å². The first-order chi connectivity index (χ1) is 14.5. The van der Waals surface area contributed by atoms with Crippen LogP contribution in [0.3, 0.4) is 0 Å². The van der Waals surface area contributed by atoms with E-state index in [0.717, 1.165) is 21.5 Å². The van der Waals surface area contributed by atoms with Crippen molar-refractivity contribution in [3.05, 3.63) is 58.6 Å². The number of methoxy groups -OCH3 is 1. The minimum absolute atomic E-state index is 0.128. The Hall–Kier alpha value is -3.05. The summed E-state index contributed by atoms with van der Waals surface area (Å²) in [7, 11) is 1.61. The number of nitrogens with zero attached hydrogens (tertiary/aromatic N) is 4. The van der Waals surface area contributed by atoms with Gasteiger partial charge in [0.05, 0.1) is 24.3 Å². The standard InChI is InChI=1S/C19H20BrN7O2S/c1-12(13-6-5-7-14(10-13)29-2)23-24-18-25-26-19(27(18)21)30-11-17(28)22-16-9-4-3-8-15(16)20/h3-10H,11,21H2,1-2H3,(H,22,28)(H,24,25)/b23-12+. The van der Waals surface area contributed by atoms with Crippen LogP contribution in [0.25, 0.3) is 0 Å². The summed E-state index contributed by atoms with van der Waals surface area (Å²) in [5, 5.41) is 15.5. The van der Waals surface area contributed by atoms with Crippen LogP contribution in [0.5, 0.6) is 5.75 Å². The van der Waals surface area contributed by atoms with Gasteiger partial charge in [-0.05, 0) is 47.1 Å². The number of halogens is 1. The first-order valence-corrected chi connectivity index (χ1v) is 10.6. The van der Waals surface area contributed by atoms with Gasteiger partial charge < -0.3 is 15.9 Å². The van der Waals surface area contributed by atoms with Crippen LogP contribution in [0.15, 0.2) is 63.3 Å². The van der Waals surface area contributed by atoms with Gasteiger partial charge in [0.2, 0.25) is 11.1 Å². The molecule has 0 saturated heterocycles.